The Labute approximate surface area is 94.2 Å². The van der Waals surface area contributed by atoms with Crippen molar-refractivity contribution in [3.05, 3.63) is 47.3 Å². The van der Waals surface area contributed by atoms with Crippen molar-refractivity contribution in [2.45, 2.75) is 12.6 Å². The smallest absolute Gasteiger partial charge is 0.419 e. The lowest BCUT2D eigenvalue weighted by molar-refractivity contribution is -0.140. The van der Waals surface area contributed by atoms with Crippen LogP contribution in [0.5, 0.6) is 0 Å². The monoisotopic (exact) mass is 248 g/mol. The van der Waals surface area contributed by atoms with Gasteiger partial charge in [0.05, 0.1) is 5.56 Å². The molecule has 0 aliphatic rings. The SMILES string of the molecule is O=C(O)C=CCc1ccc(C(F)(F)F)c(F)c1. The second-order valence-electron chi connectivity index (χ2n) is 3.26. The Balaban J connectivity index is 2.86. The number of benzene rings is 1. The summed E-state index contributed by atoms with van der Waals surface area (Å²) < 4.78 is 49.7. The van der Waals surface area contributed by atoms with E-state index in [2.05, 4.69) is 0 Å². The molecule has 0 fully saturated rings. The molecule has 0 radical (unpaired) electrons. The molecule has 0 aliphatic heterocycles. The summed E-state index contributed by atoms with van der Waals surface area (Å²) in [4.78, 5) is 10.1. The first-order chi connectivity index (χ1) is 7.80. The minimum absolute atomic E-state index is 0.0569. The van der Waals surface area contributed by atoms with Crippen LogP contribution in [0.2, 0.25) is 0 Å². The quantitative estimate of drug-likeness (QED) is 0.659. The van der Waals surface area contributed by atoms with E-state index in [1.54, 1.807) is 0 Å². The number of rotatable bonds is 3. The van der Waals surface area contributed by atoms with Crippen LogP contribution in [0.3, 0.4) is 0 Å². The first kappa shape index (κ1) is 13.2. The zero-order valence-electron chi connectivity index (χ0n) is 8.46. The fraction of sp³-hybridized carbons (Fsp3) is 0.182. The van der Waals surface area contributed by atoms with Gasteiger partial charge in [-0.25, -0.2) is 9.18 Å². The van der Waals surface area contributed by atoms with E-state index in [0.29, 0.717) is 6.07 Å². The van der Waals surface area contributed by atoms with Crippen molar-refractivity contribution in [1.82, 2.24) is 0 Å². The summed E-state index contributed by atoms with van der Waals surface area (Å²) in [6.45, 7) is 0. The van der Waals surface area contributed by atoms with Crippen LogP contribution in [0, 0.1) is 5.82 Å². The summed E-state index contributed by atoms with van der Waals surface area (Å²) in [5, 5.41) is 8.29. The summed E-state index contributed by atoms with van der Waals surface area (Å²) in [6, 6.07) is 2.49. The van der Waals surface area contributed by atoms with Gasteiger partial charge in [0, 0.05) is 6.08 Å². The van der Waals surface area contributed by atoms with Crippen LogP contribution in [-0.2, 0) is 17.4 Å². The maximum atomic E-state index is 13.1. The second kappa shape index (κ2) is 4.99. The van der Waals surface area contributed by atoms with Crippen molar-refractivity contribution in [1.29, 1.82) is 0 Å². The topological polar surface area (TPSA) is 37.3 Å². The number of alkyl halides is 3. The van der Waals surface area contributed by atoms with E-state index in [1.165, 1.54) is 6.08 Å². The van der Waals surface area contributed by atoms with Crippen LogP contribution >= 0.6 is 0 Å². The van der Waals surface area contributed by atoms with Crippen LogP contribution in [-0.4, -0.2) is 11.1 Å². The Morgan fingerprint density at radius 2 is 2.00 bits per heavy atom. The molecule has 0 bridgehead atoms. The molecule has 2 nitrogen and oxygen atoms in total. The Morgan fingerprint density at radius 1 is 1.35 bits per heavy atom. The molecule has 0 aliphatic carbocycles. The molecule has 1 rings (SSSR count). The number of hydrogen-bond donors (Lipinski definition) is 1. The predicted octanol–water partition coefficient (Wildman–Crippen LogP) is 3.03. The Kier molecular flexibility index (Phi) is 3.88. The molecule has 0 unspecified atom stereocenters. The Hall–Kier alpha value is -1.85. The van der Waals surface area contributed by atoms with E-state index < -0.39 is 23.5 Å². The lowest BCUT2D eigenvalue weighted by Gasteiger charge is -2.08. The fourth-order valence-corrected chi connectivity index (χ4v) is 1.21. The third-order valence-electron chi connectivity index (χ3n) is 1.95. The minimum atomic E-state index is -4.72. The molecule has 17 heavy (non-hydrogen) atoms. The van der Waals surface area contributed by atoms with E-state index in [0.717, 1.165) is 18.2 Å². The molecule has 0 saturated heterocycles. The van der Waals surface area contributed by atoms with Gasteiger partial charge in [-0.15, -0.1) is 0 Å². The highest BCUT2D eigenvalue weighted by Crippen LogP contribution is 2.31. The summed E-state index contributed by atoms with van der Waals surface area (Å²) in [5.74, 6) is -2.53. The lowest BCUT2D eigenvalue weighted by atomic mass is 10.1. The van der Waals surface area contributed by atoms with Crippen molar-refractivity contribution in [3.8, 4) is 0 Å². The van der Waals surface area contributed by atoms with Gasteiger partial charge in [0.1, 0.15) is 5.82 Å². The molecule has 0 aromatic heterocycles. The largest absolute Gasteiger partial charge is 0.478 e. The van der Waals surface area contributed by atoms with Crippen LogP contribution in [0.1, 0.15) is 11.1 Å². The van der Waals surface area contributed by atoms with Gasteiger partial charge >= 0.3 is 12.1 Å². The molecule has 0 amide bonds. The van der Waals surface area contributed by atoms with Crippen LogP contribution < -0.4 is 0 Å². The number of hydrogen-bond acceptors (Lipinski definition) is 1. The molecule has 0 saturated carbocycles. The van der Waals surface area contributed by atoms with Gasteiger partial charge < -0.3 is 5.11 Å². The lowest BCUT2D eigenvalue weighted by Crippen LogP contribution is -2.08. The third-order valence-corrected chi connectivity index (χ3v) is 1.95. The number of carboxylic acid groups (broad SMARTS) is 1. The predicted molar refractivity (Wildman–Crippen MR) is 51.9 cm³/mol. The van der Waals surface area contributed by atoms with Crippen molar-refractivity contribution >= 4 is 5.97 Å². The molecule has 0 spiro atoms. The van der Waals surface area contributed by atoms with Gasteiger partial charge in [0.15, 0.2) is 0 Å². The highest BCUT2D eigenvalue weighted by Gasteiger charge is 2.33. The molecule has 1 N–H and O–H groups in total. The van der Waals surface area contributed by atoms with Gasteiger partial charge in [0.2, 0.25) is 0 Å². The van der Waals surface area contributed by atoms with E-state index >= 15 is 0 Å². The van der Waals surface area contributed by atoms with Crippen LogP contribution in [0.4, 0.5) is 17.6 Å². The van der Waals surface area contributed by atoms with Crippen LogP contribution in [0.25, 0.3) is 0 Å². The van der Waals surface area contributed by atoms with Gasteiger partial charge in [-0.05, 0) is 24.1 Å². The van der Waals surface area contributed by atoms with Crippen molar-refractivity contribution in [2.75, 3.05) is 0 Å². The molecular formula is C11H8F4O2. The van der Waals surface area contributed by atoms with Gasteiger partial charge in [-0.3, -0.25) is 0 Å². The Morgan fingerprint density at radius 3 is 2.47 bits per heavy atom. The van der Waals surface area contributed by atoms with E-state index in [9.17, 15) is 22.4 Å². The average Bonchev–Trinajstić information content (AvgIpc) is 2.14. The fourth-order valence-electron chi connectivity index (χ4n) is 1.21. The maximum absolute atomic E-state index is 13.1. The van der Waals surface area contributed by atoms with Gasteiger partial charge in [-0.1, -0.05) is 12.1 Å². The molecule has 0 heterocycles. The summed E-state index contributed by atoms with van der Waals surface area (Å²) >= 11 is 0. The maximum Gasteiger partial charge on any atom is 0.419 e. The van der Waals surface area contributed by atoms with Crippen LogP contribution in [0.15, 0.2) is 30.4 Å². The summed E-state index contributed by atoms with van der Waals surface area (Å²) in [6.07, 6.45) is -2.60. The van der Waals surface area contributed by atoms with Gasteiger partial charge in [-0.2, -0.15) is 13.2 Å². The Bertz CT molecular complexity index is 449. The van der Waals surface area contributed by atoms with Crippen molar-refractivity contribution in [3.63, 3.8) is 0 Å². The first-order valence-electron chi connectivity index (χ1n) is 4.56. The van der Waals surface area contributed by atoms with E-state index in [4.69, 9.17) is 5.11 Å². The van der Waals surface area contributed by atoms with Gasteiger partial charge in [0.25, 0.3) is 0 Å². The second-order valence-corrected chi connectivity index (χ2v) is 3.26. The zero-order valence-corrected chi connectivity index (χ0v) is 8.46. The standard InChI is InChI=1S/C11H8F4O2/c12-9-6-7(2-1-3-10(16)17)4-5-8(9)11(13,14)15/h1,3-6H,2H2,(H,16,17). The van der Waals surface area contributed by atoms with Crippen molar-refractivity contribution < 1.29 is 27.5 Å². The molecule has 92 valence electrons. The first-order valence-corrected chi connectivity index (χ1v) is 4.56. The summed E-state index contributed by atoms with van der Waals surface area (Å²) in [7, 11) is 0. The third kappa shape index (κ3) is 3.90. The highest BCUT2D eigenvalue weighted by atomic mass is 19.4. The molecule has 0 atom stereocenters. The number of carbonyl (C=O) groups is 1. The number of allylic oxidation sites excluding steroid dienone is 1. The van der Waals surface area contributed by atoms with E-state index in [1.807, 2.05) is 0 Å². The highest BCUT2D eigenvalue weighted by molar-refractivity contribution is 5.79. The number of halogens is 4. The molecule has 1 aromatic rings. The normalized spacial score (nSPS) is 12.0. The van der Waals surface area contributed by atoms with E-state index in [-0.39, 0.29) is 12.0 Å². The van der Waals surface area contributed by atoms with Crippen molar-refractivity contribution in [2.24, 2.45) is 0 Å². The zero-order chi connectivity index (χ0) is 13.1. The number of carboxylic acids is 1. The molecule has 6 heteroatoms. The summed E-state index contributed by atoms with van der Waals surface area (Å²) in [5.41, 5.74) is -1.06. The minimum Gasteiger partial charge on any atom is -0.478 e. The molecule has 1 aromatic carbocycles. The number of aliphatic carboxylic acids is 1. The average molecular weight is 248 g/mol. The molecular weight excluding hydrogens is 240 g/mol.